The van der Waals surface area contributed by atoms with E-state index < -0.39 is 0 Å². The average molecular weight is 149 g/mol. The SMILES string of the molecule is C=CNCC=C=C(C)C(=C)C. The molecule has 0 radical (unpaired) electrons. The topological polar surface area (TPSA) is 12.0 Å². The molecule has 0 spiro atoms. The number of hydrogen-bond donors (Lipinski definition) is 1. The van der Waals surface area contributed by atoms with Gasteiger partial charge in [-0.1, -0.05) is 13.2 Å². The minimum absolute atomic E-state index is 0.772. The van der Waals surface area contributed by atoms with E-state index in [2.05, 4.69) is 24.2 Å². The molecule has 1 N–H and O–H groups in total. The van der Waals surface area contributed by atoms with Gasteiger partial charge in [0.1, 0.15) is 0 Å². The van der Waals surface area contributed by atoms with E-state index in [1.54, 1.807) is 6.20 Å². The Labute approximate surface area is 68.8 Å². The lowest BCUT2D eigenvalue weighted by Crippen LogP contribution is -2.01. The molecule has 0 aromatic carbocycles. The highest BCUT2D eigenvalue weighted by molar-refractivity contribution is 5.22. The van der Waals surface area contributed by atoms with Crippen LogP contribution in [0, 0.1) is 0 Å². The third-order valence-corrected chi connectivity index (χ3v) is 1.32. The second-order valence-electron chi connectivity index (χ2n) is 2.37. The Kier molecular flexibility index (Phi) is 4.97. The minimum Gasteiger partial charge on any atom is -0.387 e. The zero-order valence-electron chi connectivity index (χ0n) is 7.28. The predicted molar refractivity (Wildman–Crippen MR) is 50.3 cm³/mol. The van der Waals surface area contributed by atoms with E-state index >= 15 is 0 Å². The van der Waals surface area contributed by atoms with Gasteiger partial charge in [0, 0.05) is 6.54 Å². The van der Waals surface area contributed by atoms with Gasteiger partial charge >= 0.3 is 0 Å². The summed E-state index contributed by atoms with van der Waals surface area (Å²) in [6.45, 7) is 12.1. The highest BCUT2D eigenvalue weighted by atomic mass is 14.8. The first-order chi connectivity index (χ1) is 5.18. The number of rotatable bonds is 4. The van der Waals surface area contributed by atoms with Crippen molar-refractivity contribution in [3.05, 3.63) is 42.3 Å². The van der Waals surface area contributed by atoms with Gasteiger partial charge in [-0.15, -0.1) is 5.73 Å². The summed E-state index contributed by atoms with van der Waals surface area (Å²) in [5.74, 6) is 0. The first-order valence-electron chi connectivity index (χ1n) is 3.60. The van der Waals surface area contributed by atoms with Gasteiger partial charge in [-0.25, -0.2) is 0 Å². The summed E-state index contributed by atoms with van der Waals surface area (Å²) in [6, 6.07) is 0. The summed E-state index contributed by atoms with van der Waals surface area (Å²) in [5.41, 5.74) is 5.25. The lowest BCUT2D eigenvalue weighted by molar-refractivity contribution is 0.990. The molecule has 0 fully saturated rings. The summed E-state index contributed by atoms with van der Waals surface area (Å²) < 4.78 is 0. The van der Waals surface area contributed by atoms with Crippen molar-refractivity contribution in [1.29, 1.82) is 0 Å². The fourth-order valence-corrected chi connectivity index (χ4v) is 0.470. The van der Waals surface area contributed by atoms with E-state index in [0.717, 1.165) is 17.7 Å². The van der Waals surface area contributed by atoms with Crippen molar-refractivity contribution in [3.8, 4) is 0 Å². The lowest BCUT2D eigenvalue weighted by Gasteiger charge is -1.92. The lowest BCUT2D eigenvalue weighted by atomic mass is 10.2. The van der Waals surface area contributed by atoms with Gasteiger partial charge in [0.2, 0.25) is 0 Å². The van der Waals surface area contributed by atoms with Crippen LogP contribution >= 0.6 is 0 Å². The largest absolute Gasteiger partial charge is 0.387 e. The standard InChI is InChI=1S/C10H15N/c1-5-11-8-6-7-10(4)9(2)3/h5-6,11H,1-2,8H2,3-4H3. The van der Waals surface area contributed by atoms with Crippen LogP contribution in [0.3, 0.4) is 0 Å². The van der Waals surface area contributed by atoms with Crippen molar-refractivity contribution in [2.45, 2.75) is 13.8 Å². The molecule has 0 bridgehead atoms. The molecule has 0 aromatic heterocycles. The Morgan fingerprint density at radius 1 is 1.55 bits per heavy atom. The molecule has 0 aliphatic heterocycles. The maximum Gasteiger partial charge on any atom is 0.0399 e. The van der Waals surface area contributed by atoms with Gasteiger partial charge in [0.15, 0.2) is 0 Å². The third kappa shape index (κ3) is 5.25. The normalized spacial score (nSPS) is 7.82. The van der Waals surface area contributed by atoms with E-state index in [9.17, 15) is 0 Å². The van der Waals surface area contributed by atoms with E-state index in [1.165, 1.54) is 0 Å². The second-order valence-corrected chi connectivity index (χ2v) is 2.37. The second kappa shape index (κ2) is 5.57. The molecule has 60 valence electrons. The van der Waals surface area contributed by atoms with Crippen molar-refractivity contribution in [3.63, 3.8) is 0 Å². The number of allylic oxidation sites excluding steroid dienone is 1. The summed E-state index contributed by atoms with van der Waals surface area (Å²) in [5, 5.41) is 2.95. The highest BCUT2D eigenvalue weighted by Gasteiger charge is 1.82. The molecule has 0 saturated heterocycles. The predicted octanol–water partition coefficient (Wildman–Crippen LogP) is 2.40. The smallest absolute Gasteiger partial charge is 0.0399 e. The third-order valence-electron chi connectivity index (χ3n) is 1.32. The van der Waals surface area contributed by atoms with Gasteiger partial charge in [-0.05, 0) is 37.3 Å². The van der Waals surface area contributed by atoms with Crippen LogP contribution in [0.1, 0.15) is 13.8 Å². The molecular weight excluding hydrogens is 134 g/mol. The van der Waals surface area contributed by atoms with Crippen LogP contribution in [-0.4, -0.2) is 6.54 Å². The summed E-state index contributed by atoms with van der Waals surface area (Å²) in [4.78, 5) is 0. The van der Waals surface area contributed by atoms with Crippen molar-refractivity contribution in [1.82, 2.24) is 5.32 Å². The van der Waals surface area contributed by atoms with Gasteiger partial charge in [-0.2, -0.15) is 0 Å². The van der Waals surface area contributed by atoms with Gasteiger partial charge < -0.3 is 5.32 Å². The van der Waals surface area contributed by atoms with E-state index in [-0.39, 0.29) is 0 Å². The maximum absolute atomic E-state index is 3.79. The van der Waals surface area contributed by atoms with Gasteiger partial charge in [0.05, 0.1) is 0 Å². The summed E-state index contributed by atoms with van der Waals surface area (Å²) in [6.07, 6.45) is 3.58. The monoisotopic (exact) mass is 149 g/mol. The van der Waals surface area contributed by atoms with Crippen molar-refractivity contribution in [2.24, 2.45) is 0 Å². The Balaban J connectivity index is 3.95. The summed E-state index contributed by atoms with van der Waals surface area (Å²) in [7, 11) is 0. The molecule has 1 nitrogen and oxygen atoms in total. The highest BCUT2D eigenvalue weighted by Crippen LogP contribution is 2.01. The molecule has 0 atom stereocenters. The Morgan fingerprint density at radius 3 is 2.64 bits per heavy atom. The first-order valence-corrected chi connectivity index (χ1v) is 3.60. The molecule has 0 rings (SSSR count). The summed E-state index contributed by atoms with van der Waals surface area (Å²) >= 11 is 0. The van der Waals surface area contributed by atoms with Gasteiger partial charge in [0.25, 0.3) is 0 Å². The van der Waals surface area contributed by atoms with Crippen molar-refractivity contribution < 1.29 is 0 Å². The number of nitrogens with one attached hydrogen (secondary N) is 1. The fourth-order valence-electron chi connectivity index (χ4n) is 0.470. The van der Waals surface area contributed by atoms with Crippen LogP contribution in [0.25, 0.3) is 0 Å². The maximum atomic E-state index is 3.79. The number of hydrogen-bond acceptors (Lipinski definition) is 1. The molecule has 11 heavy (non-hydrogen) atoms. The molecule has 0 aromatic rings. The minimum atomic E-state index is 0.772. The van der Waals surface area contributed by atoms with Gasteiger partial charge in [-0.3, -0.25) is 0 Å². The molecule has 0 aliphatic carbocycles. The average Bonchev–Trinajstić information content (AvgIpc) is 1.97. The van der Waals surface area contributed by atoms with Crippen molar-refractivity contribution in [2.75, 3.05) is 6.54 Å². The molecular formula is C10H15N. The Hall–Kier alpha value is -1.20. The Bertz CT molecular complexity index is 205. The van der Waals surface area contributed by atoms with E-state index in [0.29, 0.717) is 0 Å². The Morgan fingerprint density at radius 2 is 2.18 bits per heavy atom. The molecule has 1 heteroatoms. The molecule has 0 aliphatic rings. The van der Waals surface area contributed by atoms with Crippen LogP contribution < -0.4 is 5.32 Å². The zero-order valence-corrected chi connectivity index (χ0v) is 7.28. The zero-order chi connectivity index (χ0) is 8.69. The molecule has 0 unspecified atom stereocenters. The van der Waals surface area contributed by atoms with Crippen LogP contribution in [0.4, 0.5) is 0 Å². The fraction of sp³-hybridized carbons (Fsp3) is 0.300. The molecule has 0 amide bonds. The van der Waals surface area contributed by atoms with Crippen LogP contribution in [0.15, 0.2) is 42.3 Å². The van der Waals surface area contributed by atoms with Crippen molar-refractivity contribution >= 4 is 0 Å². The van der Waals surface area contributed by atoms with E-state index in [4.69, 9.17) is 0 Å². The van der Waals surface area contributed by atoms with Crippen LogP contribution in [0.2, 0.25) is 0 Å². The quantitative estimate of drug-likeness (QED) is 0.367. The molecule has 0 saturated carbocycles. The first kappa shape index (κ1) is 9.80. The molecule has 0 heterocycles. The van der Waals surface area contributed by atoms with Crippen LogP contribution in [0.5, 0.6) is 0 Å². The van der Waals surface area contributed by atoms with Crippen LogP contribution in [-0.2, 0) is 0 Å². The van der Waals surface area contributed by atoms with E-state index in [1.807, 2.05) is 19.9 Å².